The van der Waals surface area contributed by atoms with Crippen LogP contribution in [-0.2, 0) is 11.2 Å². The molecule has 1 atom stereocenters. The molecule has 3 rings (SSSR count). The Kier molecular flexibility index (Phi) is 4.32. The Morgan fingerprint density at radius 2 is 2.13 bits per heavy atom. The van der Waals surface area contributed by atoms with E-state index in [2.05, 4.69) is 20.1 Å². The first-order valence-corrected chi connectivity index (χ1v) is 7.59. The van der Waals surface area contributed by atoms with Gasteiger partial charge in [0.25, 0.3) is 5.91 Å². The summed E-state index contributed by atoms with van der Waals surface area (Å²) in [7, 11) is 0. The van der Waals surface area contributed by atoms with Gasteiger partial charge in [0.2, 0.25) is 0 Å². The van der Waals surface area contributed by atoms with E-state index < -0.39 is 0 Å². The molecule has 0 aliphatic carbocycles. The second-order valence-electron chi connectivity index (χ2n) is 5.51. The number of rotatable bonds is 5. The molecule has 1 amide bonds. The third-order valence-electron chi connectivity index (χ3n) is 3.85. The molecule has 6 nitrogen and oxygen atoms in total. The quantitative estimate of drug-likeness (QED) is 0.862. The number of hydrogen-bond acceptors (Lipinski definition) is 4. The van der Waals surface area contributed by atoms with Gasteiger partial charge in [0.15, 0.2) is 0 Å². The molecular weight excluding hydrogens is 290 g/mol. The van der Waals surface area contributed by atoms with Crippen molar-refractivity contribution in [3.05, 3.63) is 48.5 Å². The summed E-state index contributed by atoms with van der Waals surface area (Å²) in [6, 6.07) is 9.46. The van der Waals surface area contributed by atoms with Crippen molar-refractivity contribution in [1.29, 1.82) is 0 Å². The topological polar surface area (TPSA) is 73.7 Å². The number of H-pyrrole nitrogens is 1. The van der Waals surface area contributed by atoms with Crippen LogP contribution in [0.2, 0.25) is 0 Å². The maximum atomic E-state index is 12.7. The van der Waals surface area contributed by atoms with Crippen LogP contribution in [0.25, 0.3) is 0 Å². The molecule has 23 heavy (non-hydrogen) atoms. The van der Waals surface area contributed by atoms with Crippen LogP contribution >= 0.6 is 0 Å². The Morgan fingerprint density at radius 3 is 2.83 bits per heavy atom. The van der Waals surface area contributed by atoms with E-state index in [0.29, 0.717) is 6.54 Å². The summed E-state index contributed by atoms with van der Waals surface area (Å²) in [5, 5.41) is 5.87. The molecule has 0 spiro atoms. The van der Waals surface area contributed by atoms with Gasteiger partial charge in [0, 0.05) is 30.6 Å². The number of hydrogen-bond donors (Lipinski definition) is 1. The van der Waals surface area contributed by atoms with Crippen LogP contribution in [0.3, 0.4) is 0 Å². The summed E-state index contributed by atoms with van der Waals surface area (Å²) in [6.45, 7) is 4.39. The van der Waals surface area contributed by atoms with E-state index >= 15 is 0 Å². The molecule has 0 saturated heterocycles. The van der Waals surface area contributed by atoms with Crippen LogP contribution in [0.4, 0.5) is 5.69 Å². The SMILES string of the molecule is CC(=NCCc1cnc[nH]1)[C@H]1C(=O)N(c2ccccc2)N=C1C. The highest BCUT2D eigenvalue weighted by molar-refractivity contribution is 6.27. The van der Waals surface area contributed by atoms with Crippen LogP contribution in [0.1, 0.15) is 19.5 Å². The van der Waals surface area contributed by atoms with Crippen LogP contribution in [0.15, 0.2) is 52.9 Å². The highest BCUT2D eigenvalue weighted by Gasteiger charge is 2.36. The molecule has 0 fully saturated rings. The first-order valence-electron chi connectivity index (χ1n) is 7.59. The molecule has 0 radical (unpaired) electrons. The number of hydrazone groups is 1. The van der Waals surface area contributed by atoms with Crippen molar-refractivity contribution in [1.82, 2.24) is 9.97 Å². The highest BCUT2D eigenvalue weighted by atomic mass is 16.2. The van der Waals surface area contributed by atoms with Gasteiger partial charge >= 0.3 is 0 Å². The van der Waals surface area contributed by atoms with E-state index in [9.17, 15) is 4.79 Å². The minimum atomic E-state index is -0.364. The van der Waals surface area contributed by atoms with Crippen LogP contribution in [0, 0.1) is 5.92 Å². The lowest BCUT2D eigenvalue weighted by Gasteiger charge is -2.14. The highest BCUT2D eigenvalue weighted by Crippen LogP contribution is 2.24. The van der Waals surface area contributed by atoms with Crippen molar-refractivity contribution in [2.24, 2.45) is 16.0 Å². The first-order chi connectivity index (χ1) is 11.2. The average molecular weight is 309 g/mol. The monoisotopic (exact) mass is 309 g/mol. The Balaban J connectivity index is 1.70. The minimum Gasteiger partial charge on any atom is -0.348 e. The van der Waals surface area contributed by atoms with Gasteiger partial charge in [-0.2, -0.15) is 10.1 Å². The lowest BCUT2D eigenvalue weighted by molar-refractivity contribution is -0.118. The Labute approximate surface area is 135 Å². The standard InChI is InChI=1S/C17H19N5O/c1-12(19-9-8-14-10-18-11-20-14)16-13(2)21-22(17(16)23)15-6-4-3-5-7-15/h3-7,10-11,16H,8-9H2,1-2H3,(H,18,20)/t16-/m1/s1. The lowest BCUT2D eigenvalue weighted by atomic mass is 9.99. The number of para-hydroxylation sites is 1. The van der Waals surface area contributed by atoms with Crippen LogP contribution in [-0.4, -0.2) is 33.8 Å². The van der Waals surface area contributed by atoms with Gasteiger partial charge in [-0.1, -0.05) is 18.2 Å². The van der Waals surface area contributed by atoms with Gasteiger partial charge < -0.3 is 4.98 Å². The molecular formula is C17H19N5O. The number of aromatic amines is 1. The van der Waals surface area contributed by atoms with E-state index in [1.807, 2.05) is 44.2 Å². The minimum absolute atomic E-state index is 0.0449. The molecule has 0 saturated carbocycles. The summed E-state index contributed by atoms with van der Waals surface area (Å²) in [6.07, 6.45) is 4.22. The molecule has 118 valence electrons. The number of benzene rings is 1. The summed E-state index contributed by atoms with van der Waals surface area (Å²) in [5.74, 6) is -0.409. The fourth-order valence-electron chi connectivity index (χ4n) is 2.67. The molecule has 0 unspecified atom stereocenters. The Hall–Kier alpha value is -2.76. The van der Waals surface area contributed by atoms with Gasteiger partial charge in [0.1, 0.15) is 5.92 Å². The molecule has 6 heteroatoms. The number of carbonyl (C=O) groups is 1. The number of nitrogens with one attached hydrogen (secondary N) is 1. The second-order valence-corrected chi connectivity index (χ2v) is 5.51. The fourth-order valence-corrected chi connectivity index (χ4v) is 2.67. The maximum Gasteiger partial charge on any atom is 0.261 e. The number of amides is 1. The van der Waals surface area contributed by atoms with Crippen LogP contribution in [0.5, 0.6) is 0 Å². The number of anilines is 1. The summed E-state index contributed by atoms with van der Waals surface area (Å²) in [4.78, 5) is 24.2. The van der Waals surface area contributed by atoms with Crippen LogP contribution < -0.4 is 5.01 Å². The Bertz CT molecular complexity index is 734. The molecule has 0 bridgehead atoms. The van der Waals surface area contributed by atoms with E-state index in [4.69, 9.17) is 0 Å². The van der Waals surface area contributed by atoms with Crippen molar-refractivity contribution < 1.29 is 4.79 Å². The lowest BCUT2D eigenvalue weighted by Crippen LogP contribution is -2.31. The van der Waals surface area contributed by atoms with Gasteiger partial charge in [0.05, 0.1) is 17.7 Å². The van der Waals surface area contributed by atoms with Gasteiger partial charge in [-0.25, -0.2) is 4.98 Å². The molecule has 1 aromatic carbocycles. The molecule has 1 aliphatic heterocycles. The molecule has 2 heterocycles. The first kappa shape index (κ1) is 15.1. The maximum absolute atomic E-state index is 12.7. The predicted octanol–water partition coefficient (Wildman–Crippen LogP) is 2.45. The van der Waals surface area contributed by atoms with Crippen molar-refractivity contribution in [3.8, 4) is 0 Å². The number of imidazole rings is 1. The largest absolute Gasteiger partial charge is 0.348 e. The predicted molar refractivity (Wildman–Crippen MR) is 90.8 cm³/mol. The smallest absolute Gasteiger partial charge is 0.261 e. The third-order valence-corrected chi connectivity index (χ3v) is 3.85. The summed E-state index contributed by atoms with van der Waals surface area (Å²) >= 11 is 0. The van der Waals surface area contributed by atoms with E-state index in [-0.39, 0.29) is 11.8 Å². The number of carbonyl (C=O) groups excluding carboxylic acids is 1. The number of nitrogens with zero attached hydrogens (tertiary/aromatic N) is 4. The molecule has 1 aliphatic rings. The normalized spacial score (nSPS) is 18.4. The van der Waals surface area contributed by atoms with E-state index in [1.165, 1.54) is 5.01 Å². The third kappa shape index (κ3) is 3.21. The van der Waals surface area contributed by atoms with Crippen molar-refractivity contribution >= 4 is 23.0 Å². The number of aromatic nitrogens is 2. The summed E-state index contributed by atoms with van der Waals surface area (Å²) < 4.78 is 0. The van der Waals surface area contributed by atoms with Gasteiger partial charge in [-0.15, -0.1) is 0 Å². The molecule has 2 aromatic rings. The van der Waals surface area contributed by atoms with Crippen molar-refractivity contribution in [2.75, 3.05) is 11.6 Å². The average Bonchev–Trinajstić information content (AvgIpc) is 3.16. The van der Waals surface area contributed by atoms with Gasteiger partial charge in [-0.3, -0.25) is 9.79 Å². The Morgan fingerprint density at radius 1 is 1.35 bits per heavy atom. The number of aliphatic imine (C=N–C) groups is 1. The summed E-state index contributed by atoms with van der Waals surface area (Å²) in [5.41, 5.74) is 3.40. The van der Waals surface area contributed by atoms with Crippen molar-refractivity contribution in [3.63, 3.8) is 0 Å². The molecule has 1 aromatic heterocycles. The van der Waals surface area contributed by atoms with Gasteiger partial charge in [-0.05, 0) is 26.0 Å². The zero-order chi connectivity index (χ0) is 16.2. The molecule has 1 N–H and O–H groups in total. The van der Waals surface area contributed by atoms with E-state index in [0.717, 1.165) is 29.2 Å². The fraction of sp³-hybridized carbons (Fsp3) is 0.294. The second kappa shape index (κ2) is 6.56. The van der Waals surface area contributed by atoms with Crippen molar-refractivity contribution in [2.45, 2.75) is 20.3 Å². The zero-order valence-corrected chi connectivity index (χ0v) is 13.2. The zero-order valence-electron chi connectivity index (χ0n) is 13.2. The van der Waals surface area contributed by atoms with E-state index in [1.54, 1.807) is 12.5 Å².